The molecule has 0 atom stereocenters. The van der Waals surface area contributed by atoms with Crippen molar-refractivity contribution in [2.45, 2.75) is 32.0 Å². The number of ether oxygens (including phenoxy) is 1. The molecule has 2 aromatic heterocycles. The third kappa shape index (κ3) is 4.40. The molecule has 0 saturated carbocycles. The van der Waals surface area contributed by atoms with Crippen LogP contribution >= 0.6 is 11.8 Å². The molecule has 31 heavy (non-hydrogen) atoms. The van der Waals surface area contributed by atoms with Gasteiger partial charge in [-0.15, -0.1) is 10.2 Å². The molecule has 0 bridgehead atoms. The van der Waals surface area contributed by atoms with E-state index in [9.17, 15) is 9.59 Å². The van der Waals surface area contributed by atoms with Gasteiger partial charge in [-0.25, -0.2) is 0 Å². The molecule has 4 rings (SSSR count). The highest BCUT2D eigenvalue weighted by atomic mass is 32.2. The number of ketones is 1. The topological polar surface area (TPSA) is 78.5 Å². The third-order valence-electron chi connectivity index (χ3n) is 5.06. The second kappa shape index (κ2) is 9.45. The van der Waals surface area contributed by atoms with E-state index in [1.54, 1.807) is 4.57 Å². The summed E-state index contributed by atoms with van der Waals surface area (Å²) in [7, 11) is 0. The molecular weight excluding hydrogens is 412 g/mol. The molecule has 0 radical (unpaired) electrons. The number of rotatable bonds is 9. The van der Waals surface area contributed by atoms with E-state index in [1.165, 1.54) is 11.8 Å². The average Bonchev–Trinajstić information content (AvgIpc) is 3.21. The van der Waals surface area contributed by atoms with Gasteiger partial charge in [-0.1, -0.05) is 53.7 Å². The Kier molecular flexibility index (Phi) is 6.48. The summed E-state index contributed by atoms with van der Waals surface area (Å²) < 4.78 is 8.92. The Morgan fingerprint density at radius 2 is 1.87 bits per heavy atom. The molecule has 0 N–H and O–H groups in total. The van der Waals surface area contributed by atoms with E-state index >= 15 is 0 Å². The van der Waals surface area contributed by atoms with Gasteiger partial charge in [-0.2, -0.15) is 0 Å². The fourth-order valence-corrected chi connectivity index (χ4v) is 4.29. The number of Topliss-reactive ketones (excluding diaryl/α,β-unsaturated/α-hetero) is 1. The molecule has 2 aromatic carbocycles. The minimum Gasteiger partial charge on any atom is -0.382 e. The first-order valence-electron chi connectivity index (χ1n) is 10.3. The number of hydrogen-bond acceptors (Lipinski definition) is 6. The van der Waals surface area contributed by atoms with Crippen molar-refractivity contribution >= 4 is 34.2 Å². The second-order valence-electron chi connectivity index (χ2n) is 7.22. The van der Waals surface area contributed by atoms with Crippen molar-refractivity contribution in [3.8, 4) is 0 Å². The zero-order valence-corrected chi connectivity index (χ0v) is 18.4. The number of aryl methyl sites for hydroxylation is 2. The van der Waals surface area contributed by atoms with Crippen LogP contribution in [0.15, 0.2) is 58.5 Å². The third-order valence-corrected chi connectivity index (χ3v) is 5.99. The maximum Gasteiger partial charge on any atom is 0.262 e. The average molecular weight is 437 g/mol. The van der Waals surface area contributed by atoms with Gasteiger partial charge in [0, 0.05) is 25.3 Å². The van der Waals surface area contributed by atoms with Gasteiger partial charge in [0.2, 0.25) is 5.78 Å². The van der Waals surface area contributed by atoms with Crippen molar-refractivity contribution in [3.63, 3.8) is 0 Å². The van der Waals surface area contributed by atoms with Crippen molar-refractivity contribution in [2.24, 2.45) is 0 Å². The van der Waals surface area contributed by atoms with Gasteiger partial charge in [0.25, 0.3) is 5.56 Å². The Bertz CT molecular complexity index is 1280. The van der Waals surface area contributed by atoms with E-state index in [4.69, 9.17) is 4.74 Å². The van der Waals surface area contributed by atoms with E-state index in [2.05, 4.69) is 10.2 Å². The van der Waals surface area contributed by atoms with Gasteiger partial charge in [0.15, 0.2) is 10.9 Å². The van der Waals surface area contributed by atoms with Gasteiger partial charge < -0.3 is 4.74 Å². The van der Waals surface area contributed by atoms with Gasteiger partial charge in [0.1, 0.15) is 0 Å². The SMILES string of the molecule is CCOCCCn1c(=O)c2ccccc2n2c(SCC(=O)c3ccc(C)cc3)nnc12. The van der Waals surface area contributed by atoms with Crippen molar-refractivity contribution in [1.29, 1.82) is 0 Å². The molecule has 0 amide bonds. The van der Waals surface area contributed by atoms with Crippen LogP contribution in [0.2, 0.25) is 0 Å². The van der Waals surface area contributed by atoms with E-state index in [-0.39, 0.29) is 17.1 Å². The fraction of sp³-hybridized carbons (Fsp3) is 0.304. The first kappa shape index (κ1) is 21.3. The van der Waals surface area contributed by atoms with Crippen LogP contribution in [0.4, 0.5) is 0 Å². The van der Waals surface area contributed by atoms with Crippen LogP contribution in [0, 0.1) is 6.92 Å². The molecule has 8 heteroatoms. The standard InChI is InChI=1S/C23H24N4O3S/c1-3-30-14-6-13-26-21(29)18-7-4-5-8-19(18)27-22(26)24-25-23(27)31-15-20(28)17-11-9-16(2)10-12-17/h4-5,7-12H,3,6,13-15H2,1-2H3. The molecule has 0 aliphatic rings. The Morgan fingerprint density at radius 3 is 2.65 bits per heavy atom. The lowest BCUT2D eigenvalue weighted by molar-refractivity contribution is 0.102. The number of fused-ring (bicyclic) bond motifs is 3. The molecule has 0 aliphatic heterocycles. The summed E-state index contributed by atoms with van der Waals surface area (Å²) in [6.45, 7) is 5.63. The van der Waals surface area contributed by atoms with Crippen LogP contribution in [-0.2, 0) is 11.3 Å². The molecule has 0 fully saturated rings. The van der Waals surface area contributed by atoms with Gasteiger partial charge >= 0.3 is 0 Å². The number of para-hydroxylation sites is 1. The largest absolute Gasteiger partial charge is 0.382 e. The predicted octanol–water partition coefficient (Wildman–Crippen LogP) is 3.75. The number of carbonyl (C=O) groups is 1. The molecule has 0 saturated heterocycles. The zero-order valence-electron chi connectivity index (χ0n) is 17.6. The number of thioether (sulfide) groups is 1. The number of nitrogens with zero attached hydrogens (tertiary/aromatic N) is 4. The lowest BCUT2D eigenvalue weighted by Gasteiger charge is -2.11. The highest BCUT2D eigenvalue weighted by Crippen LogP contribution is 2.22. The Hall–Kier alpha value is -2.97. The molecule has 0 unspecified atom stereocenters. The predicted molar refractivity (Wildman–Crippen MR) is 122 cm³/mol. The molecule has 7 nitrogen and oxygen atoms in total. The summed E-state index contributed by atoms with van der Waals surface area (Å²) in [5, 5.41) is 9.78. The lowest BCUT2D eigenvalue weighted by Crippen LogP contribution is -2.24. The van der Waals surface area contributed by atoms with Gasteiger partial charge in [0.05, 0.1) is 16.7 Å². The highest BCUT2D eigenvalue weighted by Gasteiger charge is 2.17. The van der Waals surface area contributed by atoms with Crippen LogP contribution in [-0.4, -0.2) is 43.9 Å². The summed E-state index contributed by atoms with van der Waals surface area (Å²) in [4.78, 5) is 25.7. The van der Waals surface area contributed by atoms with Gasteiger partial charge in [-0.05, 0) is 32.4 Å². The van der Waals surface area contributed by atoms with Crippen LogP contribution in [0.3, 0.4) is 0 Å². The molecule has 4 aromatic rings. The molecule has 2 heterocycles. The van der Waals surface area contributed by atoms with Crippen LogP contribution in [0.1, 0.15) is 29.3 Å². The summed E-state index contributed by atoms with van der Waals surface area (Å²) in [6.07, 6.45) is 0.697. The van der Waals surface area contributed by atoms with E-state index in [1.807, 2.05) is 66.8 Å². The highest BCUT2D eigenvalue weighted by molar-refractivity contribution is 7.99. The number of aromatic nitrogens is 4. The summed E-state index contributed by atoms with van der Waals surface area (Å²) >= 11 is 1.32. The zero-order chi connectivity index (χ0) is 21.8. The first-order chi connectivity index (χ1) is 15.1. The van der Waals surface area contributed by atoms with E-state index in [0.29, 0.717) is 48.1 Å². The molecule has 0 aliphatic carbocycles. The van der Waals surface area contributed by atoms with E-state index in [0.717, 1.165) is 11.1 Å². The first-order valence-corrected chi connectivity index (χ1v) is 11.3. The quantitative estimate of drug-likeness (QED) is 0.226. The summed E-state index contributed by atoms with van der Waals surface area (Å²) in [6, 6.07) is 14.9. The molecular formula is C23H24N4O3S. The molecule has 160 valence electrons. The van der Waals surface area contributed by atoms with E-state index < -0.39 is 0 Å². The number of benzene rings is 2. The normalized spacial score (nSPS) is 11.4. The molecule has 0 spiro atoms. The van der Waals surface area contributed by atoms with Crippen LogP contribution < -0.4 is 5.56 Å². The smallest absolute Gasteiger partial charge is 0.262 e. The lowest BCUT2D eigenvalue weighted by atomic mass is 10.1. The minimum absolute atomic E-state index is 0.0242. The fourth-order valence-electron chi connectivity index (χ4n) is 3.45. The van der Waals surface area contributed by atoms with Crippen molar-refractivity contribution in [3.05, 3.63) is 70.0 Å². The summed E-state index contributed by atoms with van der Waals surface area (Å²) in [5.41, 5.74) is 2.42. The maximum atomic E-state index is 13.1. The summed E-state index contributed by atoms with van der Waals surface area (Å²) in [5.74, 6) is 0.739. The minimum atomic E-state index is -0.0979. The van der Waals surface area contributed by atoms with Crippen LogP contribution in [0.5, 0.6) is 0 Å². The van der Waals surface area contributed by atoms with Crippen molar-refractivity contribution in [1.82, 2.24) is 19.2 Å². The monoisotopic (exact) mass is 436 g/mol. The second-order valence-corrected chi connectivity index (χ2v) is 8.16. The van der Waals surface area contributed by atoms with Crippen molar-refractivity contribution < 1.29 is 9.53 Å². The Morgan fingerprint density at radius 1 is 1.10 bits per heavy atom. The number of hydrogen-bond donors (Lipinski definition) is 0. The van der Waals surface area contributed by atoms with Crippen molar-refractivity contribution in [2.75, 3.05) is 19.0 Å². The van der Waals surface area contributed by atoms with Gasteiger partial charge in [-0.3, -0.25) is 18.6 Å². The Labute approximate surface area is 184 Å². The number of carbonyl (C=O) groups excluding carboxylic acids is 1. The Balaban J connectivity index is 1.68. The van der Waals surface area contributed by atoms with Crippen LogP contribution in [0.25, 0.3) is 16.7 Å². The maximum absolute atomic E-state index is 13.1.